The molecule has 1 atom stereocenters. The second-order valence-corrected chi connectivity index (χ2v) is 6.30. The number of thioether (sulfide) groups is 1. The van der Waals surface area contributed by atoms with Gasteiger partial charge in [0.1, 0.15) is 5.75 Å². The van der Waals surface area contributed by atoms with Gasteiger partial charge in [-0.2, -0.15) is 0 Å². The van der Waals surface area contributed by atoms with Gasteiger partial charge >= 0.3 is 0 Å². The largest absolute Gasteiger partial charge is 0.496 e. The van der Waals surface area contributed by atoms with Crippen molar-refractivity contribution in [2.45, 2.75) is 19.4 Å². The minimum atomic E-state index is 0.122. The molecule has 23 heavy (non-hydrogen) atoms. The topological polar surface area (TPSA) is 46.0 Å². The van der Waals surface area contributed by atoms with Crippen LogP contribution in [0.25, 0.3) is 0 Å². The maximum atomic E-state index is 5.53. The van der Waals surface area contributed by atoms with Crippen LogP contribution in [0.3, 0.4) is 0 Å². The van der Waals surface area contributed by atoms with Gasteiger partial charge < -0.3 is 10.1 Å². The van der Waals surface area contributed by atoms with E-state index in [1.807, 2.05) is 24.3 Å². The summed E-state index contributed by atoms with van der Waals surface area (Å²) in [6.07, 6.45) is 6.51. The first-order valence-electron chi connectivity index (χ1n) is 7.59. The first kappa shape index (κ1) is 17.3. The highest BCUT2D eigenvalue weighted by Crippen LogP contribution is 2.30. The number of nitrogens with zero attached hydrogens (tertiary/aromatic N) is 2. The maximum absolute atomic E-state index is 5.53. The van der Waals surface area contributed by atoms with E-state index < -0.39 is 0 Å². The average molecular weight is 329 g/mol. The van der Waals surface area contributed by atoms with Crippen LogP contribution in [-0.2, 0) is 0 Å². The van der Waals surface area contributed by atoms with Crippen molar-refractivity contribution in [1.82, 2.24) is 5.32 Å². The molecule has 0 radical (unpaired) electrons. The predicted molar refractivity (Wildman–Crippen MR) is 101 cm³/mol. The molecule has 0 saturated carbocycles. The van der Waals surface area contributed by atoms with E-state index in [0.717, 1.165) is 35.2 Å². The Balaban J connectivity index is 2.22. The zero-order chi connectivity index (χ0) is 16.5. The smallest absolute Gasteiger partial charge is 0.157 e. The van der Waals surface area contributed by atoms with Gasteiger partial charge in [0.05, 0.1) is 19.7 Å². The molecule has 0 amide bonds. The molecule has 0 aromatic heterocycles. The fourth-order valence-corrected chi connectivity index (χ4v) is 3.21. The molecule has 0 bridgehead atoms. The van der Waals surface area contributed by atoms with E-state index in [4.69, 9.17) is 4.74 Å². The van der Waals surface area contributed by atoms with Gasteiger partial charge in [0.15, 0.2) is 5.17 Å². The molecule has 1 aromatic carbocycles. The molecule has 5 heteroatoms. The Bertz CT molecular complexity index is 622. The van der Waals surface area contributed by atoms with Gasteiger partial charge in [0.25, 0.3) is 0 Å². The Kier molecular flexibility index (Phi) is 6.94. The molecule has 1 N–H and O–H groups in total. The summed E-state index contributed by atoms with van der Waals surface area (Å²) in [7, 11) is 1.71. The second kappa shape index (κ2) is 9.20. The summed E-state index contributed by atoms with van der Waals surface area (Å²) in [5.41, 5.74) is 2.39. The molecule has 0 fully saturated rings. The van der Waals surface area contributed by atoms with E-state index in [1.165, 1.54) is 5.57 Å². The van der Waals surface area contributed by atoms with Crippen LogP contribution < -0.4 is 10.1 Å². The summed E-state index contributed by atoms with van der Waals surface area (Å²) in [6.45, 7) is 6.44. The highest BCUT2D eigenvalue weighted by molar-refractivity contribution is 8.14. The molecular formula is C18H23N3OS. The maximum Gasteiger partial charge on any atom is 0.157 e. The average Bonchev–Trinajstić information content (AvgIpc) is 3.07. The Morgan fingerprint density at radius 2 is 2.35 bits per heavy atom. The lowest BCUT2D eigenvalue weighted by atomic mass is 9.98. The van der Waals surface area contributed by atoms with Crippen LogP contribution in [0, 0.1) is 0 Å². The molecule has 2 rings (SSSR count). The van der Waals surface area contributed by atoms with Gasteiger partial charge in [-0.25, -0.2) is 0 Å². The van der Waals surface area contributed by atoms with Crippen molar-refractivity contribution in [2.75, 3.05) is 19.4 Å². The van der Waals surface area contributed by atoms with E-state index in [2.05, 4.69) is 41.1 Å². The van der Waals surface area contributed by atoms with Crippen molar-refractivity contribution in [3.05, 3.63) is 53.8 Å². The Morgan fingerprint density at radius 1 is 1.52 bits per heavy atom. The highest BCUT2D eigenvalue weighted by atomic mass is 32.2. The number of benzene rings is 1. The summed E-state index contributed by atoms with van der Waals surface area (Å²) >= 11 is 1.77. The lowest BCUT2D eigenvalue weighted by Crippen LogP contribution is -2.26. The van der Waals surface area contributed by atoms with E-state index >= 15 is 0 Å². The van der Waals surface area contributed by atoms with Crippen molar-refractivity contribution in [3.8, 4) is 5.75 Å². The number of aliphatic imine (C=N–C) groups is 2. The Labute approximate surface area is 142 Å². The molecule has 1 unspecified atom stereocenters. The number of para-hydroxylation sites is 1. The van der Waals surface area contributed by atoms with Gasteiger partial charge in [-0.3, -0.25) is 9.98 Å². The fraction of sp³-hybridized carbons (Fsp3) is 0.333. The molecule has 1 aliphatic rings. The normalized spacial score (nSPS) is 16.3. The van der Waals surface area contributed by atoms with E-state index in [1.54, 1.807) is 25.1 Å². The van der Waals surface area contributed by atoms with Gasteiger partial charge in [0.2, 0.25) is 0 Å². The molecule has 0 aliphatic carbocycles. The van der Waals surface area contributed by atoms with Crippen molar-refractivity contribution in [2.24, 2.45) is 9.98 Å². The molecule has 1 heterocycles. The number of allylic oxidation sites excluding steroid dienone is 2. The third-order valence-corrected chi connectivity index (χ3v) is 4.40. The van der Waals surface area contributed by atoms with Gasteiger partial charge in [0, 0.05) is 17.5 Å². The monoisotopic (exact) mass is 329 g/mol. The van der Waals surface area contributed by atoms with Crippen LogP contribution in [0.4, 0.5) is 0 Å². The van der Waals surface area contributed by atoms with Crippen LogP contribution in [0.15, 0.2) is 58.2 Å². The highest BCUT2D eigenvalue weighted by Gasteiger charge is 2.19. The summed E-state index contributed by atoms with van der Waals surface area (Å²) < 4.78 is 5.53. The number of nitrogens with one attached hydrogen (secondary N) is 1. The summed E-state index contributed by atoms with van der Waals surface area (Å²) in [6, 6.07) is 8.25. The summed E-state index contributed by atoms with van der Waals surface area (Å²) in [5, 5.41) is 4.57. The Morgan fingerprint density at radius 3 is 3.04 bits per heavy atom. The molecule has 0 saturated heterocycles. The van der Waals surface area contributed by atoms with Crippen molar-refractivity contribution < 1.29 is 4.74 Å². The van der Waals surface area contributed by atoms with Gasteiger partial charge in [-0.1, -0.05) is 41.6 Å². The van der Waals surface area contributed by atoms with Crippen LogP contribution in [0.5, 0.6) is 5.75 Å². The summed E-state index contributed by atoms with van der Waals surface area (Å²) in [4.78, 5) is 8.23. The first-order valence-corrected chi connectivity index (χ1v) is 8.58. The zero-order valence-corrected chi connectivity index (χ0v) is 14.5. The lowest BCUT2D eigenvalue weighted by Gasteiger charge is -2.22. The molecule has 0 spiro atoms. The van der Waals surface area contributed by atoms with Crippen LogP contribution >= 0.6 is 11.8 Å². The molecular weight excluding hydrogens is 306 g/mol. The van der Waals surface area contributed by atoms with E-state index in [9.17, 15) is 0 Å². The van der Waals surface area contributed by atoms with Crippen LogP contribution in [0.2, 0.25) is 0 Å². The van der Waals surface area contributed by atoms with Crippen LogP contribution in [-0.4, -0.2) is 31.3 Å². The quantitative estimate of drug-likeness (QED) is 0.608. The number of methoxy groups -OCH3 is 1. The minimum Gasteiger partial charge on any atom is -0.496 e. The van der Waals surface area contributed by atoms with Gasteiger partial charge in [-0.15, -0.1) is 0 Å². The van der Waals surface area contributed by atoms with E-state index in [0.29, 0.717) is 0 Å². The number of amidine groups is 1. The predicted octanol–water partition coefficient (Wildman–Crippen LogP) is 3.98. The first-order chi connectivity index (χ1) is 11.2. The standard InChI is InChI=1S/C18H23N3OS/c1-14(7-6-10-19-2)13-16(21-18-20-11-12-23-18)15-8-4-5-9-17(15)22-3/h4-10,16H,2,11-13H2,1,3H3,(H,20,21)/b10-6-,14-7+. The van der Waals surface area contributed by atoms with Crippen molar-refractivity contribution in [3.63, 3.8) is 0 Å². The van der Waals surface area contributed by atoms with Crippen molar-refractivity contribution >= 4 is 23.6 Å². The molecule has 1 aromatic rings. The lowest BCUT2D eigenvalue weighted by molar-refractivity contribution is 0.403. The zero-order valence-electron chi connectivity index (χ0n) is 13.7. The van der Waals surface area contributed by atoms with Crippen molar-refractivity contribution in [1.29, 1.82) is 0 Å². The third kappa shape index (κ3) is 5.28. The number of rotatable bonds is 7. The molecule has 1 aliphatic heterocycles. The van der Waals surface area contributed by atoms with E-state index in [-0.39, 0.29) is 6.04 Å². The summed E-state index contributed by atoms with van der Waals surface area (Å²) in [5.74, 6) is 1.94. The second-order valence-electron chi connectivity index (χ2n) is 5.22. The SMILES string of the molecule is C=N/C=C\C=C(/C)CC(NC1=NCCS1)c1ccccc1OC. The third-order valence-electron chi connectivity index (χ3n) is 3.50. The molecule has 4 nitrogen and oxygen atoms in total. The minimum absolute atomic E-state index is 0.122. The molecule has 122 valence electrons. The van der Waals surface area contributed by atoms with Gasteiger partial charge in [-0.05, 0) is 32.2 Å². The Hall–Kier alpha value is -2.01. The van der Waals surface area contributed by atoms with Crippen LogP contribution in [0.1, 0.15) is 24.9 Å². The fourth-order valence-electron chi connectivity index (χ4n) is 2.42. The number of hydrogen-bond donors (Lipinski definition) is 1. The number of hydrogen-bond acceptors (Lipinski definition) is 5. The number of ether oxygens (including phenoxy) is 1.